The Morgan fingerprint density at radius 1 is 1.29 bits per heavy atom. The zero-order valence-electron chi connectivity index (χ0n) is 20.4. The van der Waals surface area contributed by atoms with Gasteiger partial charge in [-0.2, -0.15) is 0 Å². The molecule has 2 aliphatic rings. The normalized spacial score (nSPS) is 17.6. The Morgan fingerprint density at radius 3 is 2.74 bits per heavy atom. The number of hydrogen-bond acceptors (Lipinski definition) is 7. The van der Waals surface area contributed by atoms with Crippen LogP contribution in [-0.4, -0.2) is 87.0 Å². The number of fused-ring (bicyclic) bond motifs is 3. The van der Waals surface area contributed by atoms with Crippen molar-refractivity contribution in [2.75, 3.05) is 39.4 Å². The highest BCUT2D eigenvalue weighted by Gasteiger charge is 2.30. The minimum absolute atomic E-state index is 0.165. The number of aliphatic imine (C=N–C) groups is 1. The summed E-state index contributed by atoms with van der Waals surface area (Å²) >= 11 is 1.75. The lowest BCUT2D eigenvalue weighted by molar-refractivity contribution is 0.0351. The number of imidazole rings is 1. The van der Waals surface area contributed by atoms with Crippen LogP contribution in [0.3, 0.4) is 0 Å². The van der Waals surface area contributed by atoms with E-state index in [0.29, 0.717) is 19.0 Å². The van der Waals surface area contributed by atoms with Crippen molar-refractivity contribution in [2.24, 2.45) is 4.99 Å². The molecule has 2 aromatic rings. The van der Waals surface area contributed by atoms with Gasteiger partial charge in [0.15, 0.2) is 5.84 Å². The van der Waals surface area contributed by atoms with Gasteiger partial charge in [0.05, 0.1) is 18.7 Å². The predicted octanol–water partition coefficient (Wildman–Crippen LogP) is 2.69. The number of nitrogens with one attached hydrogen (secondary N) is 2. The highest BCUT2D eigenvalue weighted by molar-refractivity contribution is 7.97. The van der Waals surface area contributed by atoms with Gasteiger partial charge in [0.2, 0.25) is 0 Å². The molecule has 9 nitrogen and oxygen atoms in total. The Labute approximate surface area is 205 Å². The summed E-state index contributed by atoms with van der Waals surface area (Å²) in [5.41, 5.74) is 1.50. The third-order valence-electron chi connectivity index (χ3n) is 6.14. The summed E-state index contributed by atoms with van der Waals surface area (Å²) in [6, 6.07) is 6.48. The molecule has 34 heavy (non-hydrogen) atoms. The standard InChI is InChI=1S/C24H35N7O2S/c1-17(2)27-22(26-16-25)20-14-29-11-12-33-21-6-5-18(13-19(21)23(29)28-20)34-31-9-7-30(8-10-31)24(3,4)15-32/h5-6,13-14,16-17,32H,7-12,15H2,1-4H3,(H2,25,26,27). The number of amidine groups is 1. The first kappa shape index (κ1) is 24.7. The Bertz CT molecular complexity index is 1040. The highest BCUT2D eigenvalue weighted by atomic mass is 32.2. The molecule has 10 heteroatoms. The first-order chi connectivity index (χ1) is 16.3. The fourth-order valence-corrected chi connectivity index (χ4v) is 5.13. The quantitative estimate of drug-likeness (QED) is 0.315. The van der Waals surface area contributed by atoms with E-state index >= 15 is 0 Å². The van der Waals surface area contributed by atoms with Crippen LogP contribution in [-0.2, 0) is 6.54 Å². The van der Waals surface area contributed by atoms with E-state index in [9.17, 15) is 5.11 Å². The zero-order valence-corrected chi connectivity index (χ0v) is 21.2. The lowest BCUT2D eigenvalue weighted by Crippen LogP contribution is -2.54. The maximum atomic E-state index is 9.67. The SMILES string of the molecule is CC(C)N/C(=N\C=N)c1cn2c(n1)-c1cc(SN3CCN(C(C)(C)CO)CC3)ccc1OCC2. The van der Waals surface area contributed by atoms with Crippen molar-refractivity contribution in [3.63, 3.8) is 0 Å². The number of hydrogen-bond donors (Lipinski definition) is 3. The van der Waals surface area contributed by atoms with E-state index in [1.54, 1.807) is 11.9 Å². The number of aromatic nitrogens is 2. The van der Waals surface area contributed by atoms with Crippen LogP contribution < -0.4 is 10.1 Å². The second kappa shape index (κ2) is 10.5. The molecule has 0 saturated carbocycles. The van der Waals surface area contributed by atoms with E-state index in [2.05, 4.69) is 50.1 Å². The summed E-state index contributed by atoms with van der Waals surface area (Å²) in [5.74, 6) is 2.28. The van der Waals surface area contributed by atoms with Crippen LogP contribution in [0.4, 0.5) is 0 Å². The van der Waals surface area contributed by atoms with Crippen molar-refractivity contribution in [1.29, 1.82) is 5.41 Å². The molecule has 2 aliphatic heterocycles. The van der Waals surface area contributed by atoms with E-state index in [4.69, 9.17) is 15.1 Å². The molecule has 0 aliphatic carbocycles. The Hall–Kier alpha value is -2.40. The highest BCUT2D eigenvalue weighted by Crippen LogP contribution is 2.36. The van der Waals surface area contributed by atoms with Crippen molar-refractivity contribution in [3.8, 4) is 17.1 Å². The molecule has 184 valence electrons. The third-order valence-corrected chi connectivity index (χ3v) is 7.22. The van der Waals surface area contributed by atoms with Crippen LogP contribution >= 0.6 is 11.9 Å². The molecule has 0 bridgehead atoms. The maximum Gasteiger partial charge on any atom is 0.155 e. The van der Waals surface area contributed by atoms with Crippen LogP contribution in [0.25, 0.3) is 11.4 Å². The number of aliphatic hydroxyl groups excluding tert-OH is 1. The maximum absolute atomic E-state index is 9.67. The number of aliphatic hydroxyl groups is 1. The van der Waals surface area contributed by atoms with Crippen LogP contribution in [0, 0.1) is 5.41 Å². The molecular formula is C24H35N7O2S. The predicted molar refractivity (Wildman–Crippen MR) is 137 cm³/mol. The minimum atomic E-state index is -0.183. The van der Waals surface area contributed by atoms with Gasteiger partial charge in [0.25, 0.3) is 0 Å². The van der Waals surface area contributed by atoms with Crippen molar-refractivity contribution in [1.82, 2.24) is 24.1 Å². The van der Waals surface area contributed by atoms with Gasteiger partial charge < -0.3 is 19.7 Å². The van der Waals surface area contributed by atoms with Crippen LogP contribution in [0.1, 0.15) is 33.4 Å². The molecule has 4 rings (SSSR count). The molecule has 0 amide bonds. The fourth-order valence-electron chi connectivity index (χ4n) is 4.18. The number of ether oxygens (including phenoxy) is 1. The number of nitrogens with zero attached hydrogens (tertiary/aromatic N) is 5. The van der Waals surface area contributed by atoms with E-state index in [-0.39, 0.29) is 18.2 Å². The average Bonchev–Trinajstić information content (AvgIpc) is 3.16. The lowest BCUT2D eigenvalue weighted by atomic mass is 10.0. The topological polar surface area (TPSA) is 102 Å². The molecule has 1 aromatic carbocycles. The summed E-state index contributed by atoms with van der Waals surface area (Å²) in [6.45, 7) is 13.4. The molecule has 0 unspecified atom stereocenters. The summed E-state index contributed by atoms with van der Waals surface area (Å²) in [7, 11) is 0. The Balaban J connectivity index is 1.55. The van der Waals surface area contributed by atoms with Gasteiger partial charge >= 0.3 is 0 Å². The van der Waals surface area contributed by atoms with Crippen molar-refractivity contribution in [3.05, 3.63) is 30.1 Å². The number of piperazine rings is 1. The summed E-state index contributed by atoms with van der Waals surface area (Å²) in [4.78, 5) is 12.6. The lowest BCUT2D eigenvalue weighted by Gasteiger charge is -2.42. The molecule has 3 N–H and O–H groups in total. The van der Waals surface area contributed by atoms with Gasteiger partial charge in [-0.1, -0.05) is 0 Å². The second-order valence-electron chi connectivity index (χ2n) is 9.53. The minimum Gasteiger partial charge on any atom is -0.491 e. The van der Waals surface area contributed by atoms with Crippen molar-refractivity contribution >= 4 is 24.1 Å². The summed E-state index contributed by atoms with van der Waals surface area (Å²) in [6.07, 6.45) is 3.02. The first-order valence-electron chi connectivity index (χ1n) is 11.8. The average molecular weight is 486 g/mol. The van der Waals surface area contributed by atoms with Gasteiger partial charge in [-0.3, -0.25) is 10.3 Å². The largest absolute Gasteiger partial charge is 0.491 e. The Morgan fingerprint density at radius 2 is 2.06 bits per heavy atom. The molecule has 0 atom stereocenters. The van der Waals surface area contributed by atoms with Crippen LogP contribution in [0.2, 0.25) is 0 Å². The monoisotopic (exact) mass is 485 g/mol. The van der Waals surface area contributed by atoms with E-state index in [1.807, 2.05) is 26.1 Å². The zero-order chi connectivity index (χ0) is 24.3. The second-order valence-corrected chi connectivity index (χ2v) is 10.7. The van der Waals surface area contributed by atoms with Gasteiger partial charge in [-0.05, 0) is 57.8 Å². The summed E-state index contributed by atoms with van der Waals surface area (Å²) < 4.78 is 10.5. The van der Waals surface area contributed by atoms with Crippen LogP contribution in [0.15, 0.2) is 34.3 Å². The molecule has 0 radical (unpaired) electrons. The number of rotatable bonds is 7. The van der Waals surface area contributed by atoms with Crippen molar-refractivity contribution in [2.45, 2.75) is 50.7 Å². The molecule has 0 spiro atoms. The summed E-state index contributed by atoms with van der Waals surface area (Å²) in [5, 5.41) is 20.4. The molecule has 1 aromatic heterocycles. The molecule has 3 heterocycles. The number of benzene rings is 1. The van der Waals surface area contributed by atoms with E-state index in [0.717, 1.165) is 60.2 Å². The van der Waals surface area contributed by atoms with Gasteiger partial charge in [0, 0.05) is 48.9 Å². The Kier molecular flexibility index (Phi) is 7.61. The first-order valence-corrected chi connectivity index (χ1v) is 12.5. The fraction of sp³-hybridized carbons (Fsp3) is 0.542. The molecule has 1 fully saturated rings. The van der Waals surface area contributed by atoms with E-state index < -0.39 is 0 Å². The van der Waals surface area contributed by atoms with Crippen LogP contribution in [0.5, 0.6) is 5.75 Å². The smallest absolute Gasteiger partial charge is 0.155 e. The molecule has 1 saturated heterocycles. The van der Waals surface area contributed by atoms with Crippen molar-refractivity contribution < 1.29 is 9.84 Å². The van der Waals surface area contributed by atoms with E-state index in [1.165, 1.54) is 0 Å². The van der Waals surface area contributed by atoms with Gasteiger partial charge in [-0.25, -0.2) is 14.3 Å². The van der Waals surface area contributed by atoms with Gasteiger partial charge in [-0.15, -0.1) is 0 Å². The third kappa shape index (κ3) is 5.46. The van der Waals surface area contributed by atoms with Gasteiger partial charge in [0.1, 0.15) is 30.2 Å². The molecular weight excluding hydrogens is 450 g/mol.